The smallest absolute Gasteiger partial charge is 0.338 e. The zero-order valence-corrected chi connectivity index (χ0v) is 17.9. The number of esters is 1. The van der Waals surface area contributed by atoms with Gasteiger partial charge in [0, 0.05) is 11.8 Å². The summed E-state index contributed by atoms with van der Waals surface area (Å²) in [5.41, 5.74) is 0.532. The molecule has 0 fully saturated rings. The molecule has 10 nitrogen and oxygen atoms in total. The second kappa shape index (κ2) is 9.47. The van der Waals surface area contributed by atoms with Crippen LogP contribution in [0.5, 0.6) is 11.5 Å². The summed E-state index contributed by atoms with van der Waals surface area (Å²) in [5, 5.41) is 17.0. The molecule has 2 amide bonds. The number of benzene rings is 1. The van der Waals surface area contributed by atoms with Crippen molar-refractivity contribution in [3.63, 3.8) is 0 Å². The lowest BCUT2D eigenvalue weighted by Crippen LogP contribution is -2.46. The van der Waals surface area contributed by atoms with Gasteiger partial charge < -0.3 is 24.8 Å². The van der Waals surface area contributed by atoms with Gasteiger partial charge in [-0.2, -0.15) is 0 Å². The quantitative estimate of drug-likeness (QED) is 0.374. The second-order valence-corrected chi connectivity index (χ2v) is 7.23. The van der Waals surface area contributed by atoms with E-state index in [0.717, 1.165) is 0 Å². The fraction of sp³-hybridized carbons (Fsp3) is 0.500. The summed E-state index contributed by atoms with van der Waals surface area (Å²) in [6.45, 7) is 8.67. The molecule has 1 unspecified atom stereocenters. The van der Waals surface area contributed by atoms with E-state index in [4.69, 9.17) is 14.2 Å². The summed E-state index contributed by atoms with van der Waals surface area (Å²) in [4.78, 5) is 36.1. The van der Waals surface area contributed by atoms with Gasteiger partial charge in [-0.25, -0.2) is 9.59 Å². The first-order valence-corrected chi connectivity index (χ1v) is 9.63. The molecule has 0 radical (unpaired) electrons. The van der Waals surface area contributed by atoms with Crippen molar-refractivity contribution >= 4 is 17.7 Å². The number of carbonyl (C=O) groups excluding carboxylic acids is 2. The van der Waals surface area contributed by atoms with Gasteiger partial charge in [0.05, 0.1) is 35.9 Å². The maximum atomic E-state index is 12.8. The highest BCUT2D eigenvalue weighted by Crippen LogP contribution is 2.42. The van der Waals surface area contributed by atoms with Crippen LogP contribution in [0.25, 0.3) is 0 Å². The van der Waals surface area contributed by atoms with Gasteiger partial charge >= 0.3 is 17.7 Å². The predicted molar refractivity (Wildman–Crippen MR) is 108 cm³/mol. The van der Waals surface area contributed by atoms with Crippen LogP contribution in [0, 0.1) is 10.1 Å². The van der Waals surface area contributed by atoms with Gasteiger partial charge in [-0.05, 0) is 45.7 Å². The Labute approximate surface area is 174 Å². The molecule has 2 rings (SSSR count). The van der Waals surface area contributed by atoms with Crippen LogP contribution in [0.15, 0.2) is 23.4 Å². The third-order valence-electron chi connectivity index (χ3n) is 4.23. The molecule has 0 aromatic heterocycles. The van der Waals surface area contributed by atoms with E-state index in [1.165, 1.54) is 19.2 Å². The van der Waals surface area contributed by atoms with Crippen molar-refractivity contribution in [3.8, 4) is 11.5 Å². The van der Waals surface area contributed by atoms with E-state index in [9.17, 15) is 19.7 Å². The summed E-state index contributed by atoms with van der Waals surface area (Å²) in [7, 11) is 1.36. The van der Waals surface area contributed by atoms with E-state index in [2.05, 4.69) is 10.6 Å². The van der Waals surface area contributed by atoms with Crippen molar-refractivity contribution in [2.45, 2.75) is 59.3 Å². The predicted octanol–water partition coefficient (Wildman–Crippen LogP) is 3.36. The maximum Gasteiger partial charge on any atom is 0.338 e. The summed E-state index contributed by atoms with van der Waals surface area (Å²) < 4.78 is 16.3. The Morgan fingerprint density at radius 2 is 1.90 bits per heavy atom. The number of carbonyl (C=O) groups is 2. The minimum Gasteiger partial charge on any atom is -0.493 e. The molecule has 0 spiro atoms. The molecule has 1 aromatic rings. The lowest BCUT2D eigenvalue weighted by Gasteiger charge is -2.30. The standard InChI is InChI=1S/C20H27N3O7/c1-7-13-16(19(24)30-11(4)5)17(22-20(25)21-13)12-8-14(23(26)27)18(29-10(2)3)15(9-12)28-6/h8-11,17H,7H2,1-6H3,(H2,21,22,25). The van der Waals surface area contributed by atoms with E-state index < -0.39 is 23.0 Å². The lowest BCUT2D eigenvalue weighted by molar-refractivity contribution is -0.386. The van der Waals surface area contributed by atoms with Crippen LogP contribution in [0.2, 0.25) is 0 Å². The minimum absolute atomic E-state index is 0.0208. The Hall–Kier alpha value is -3.30. The number of nitrogens with zero attached hydrogens (tertiary/aromatic N) is 1. The SMILES string of the molecule is CCC1=C(C(=O)OC(C)C)C(c2cc(OC)c(OC(C)C)c([N+](=O)[O-])c2)NC(=O)N1. The third-order valence-corrected chi connectivity index (χ3v) is 4.23. The van der Waals surface area contributed by atoms with Crippen LogP contribution < -0.4 is 20.1 Å². The number of nitrogens with one attached hydrogen (secondary N) is 2. The Morgan fingerprint density at radius 1 is 1.23 bits per heavy atom. The van der Waals surface area contributed by atoms with Crippen LogP contribution in [0.1, 0.15) is 52.6 Å². The molecule has 1 heterocycles. The Morgan fingerprint density at radius 3 is 2.40 bits per heavy atom. The largest absolute Gasteiger partial charge is 0.493 e. The van der Waals surface area contributed by atoms with Crippen LogP contribution in [0.4, 0.5) is 10.5 Å². The summed E-state index contributed by atoms with van der Waals surface area (Å²) >= 11 is 0. The zero-order valence-electron chi connectivity index (χ0n) is 17.9. The number of urea groups is 1. The molecule has 2 N–H and O–H groups in total. The second-order valence-electron chi connectivity index (χ2n) is 7.23. The highest BCUT2D eigenvalue weighted by atomic mass is 16.6. The average Bonchev–Trinajstić information content (AvgIpc) is 2.65. The minimum atomic E-state index is -0.958. The highest BCUT2D eigenvalue weighted by molar-refractivity contribution is 5.95. The molecular weight excluding hydrogens is 394 g/mol. The number of ether oxygens (including phenoxy) is 3. The molecule has 0 saturated carbocycles. The monoisotopic (exact) mass is 421 g/mol. The zero-order chi connectivity index (χ0) is 22.6. The molecule has 164 valence electrons. The molecule has 1 atom stereocenters. The highest BCUT2D eigenvalue weighted by Gasteiger charge is 2.36. The molecule has 0 aliphatic carbocycles. The number of methoxy groups -OCH3 is 1. The third kappa shape index (κ3) is 5.00. The van der Waals surface area contributed by atoms with Gasteiger partial charge in [-0.15, -0.1) is 0 Å². The van der Waals surface area contributed by atoms with Gasteiger partial charge in [0.1, 0.15) is 0 Å². The number of rotatable bonds is 8. The number of nitro benzene ring substituents is 1. The van der Waals surface area contributed by atoms with Gasteiger partial charge in [0.25, 0.3) is 0 Å². The molecule has 1 aliphatic heterocycles. The Bertz CT molecular complexity index is 877. The van der Waals surface area contributed by atoms with Crippen molar-refractivity contribution < 1.29 is 28.7 Å². The van der Waals surface area contributed by atoms with E-state index in [0.29, 0.717) is 17.7 Å². The van der Waals surface area contributed by atoms with Crippen LogP contribution in [-0.2, 0) is 9.53 Å². The first-order valence-electron chi connectivity index (χ1n) is 9.63. The molecule has 0 bridgehead atoms. The Balaban J connectivity index is 2.69. The first kappa shape index (κ1) is 23.0. The number of hydrogen-bond donors (Lipinski definition) is 2. The molecular formula is C20H27N3O7. The topological polar surface area (TPSA) is 129 Å². The van der Waals surface area contributed by atoms with Crippen molar-refractivity contribution in [2.24, 2.45) is 0 Å². The summed E-state index contributed by atoms with van der Waals surface area (Å²) in [6.07, 6.45) is -0.350. The van der Waals surface area contributed by atoms with Gasteiger partial charge in [-0.1, -0.05) is 6.92 Å². The van der Waals surface area contributed by atoms with Crippen LogP contribution in [0.3, 0.4) is 0 Å². The fourth-order valence-electron chi connectivity index (χ4n) is 3.08. The average molecular weight is 421 g/mol. The molecule has 0 saturated heterocycles. The van der Waals surface area contributed by atoms with Crippen molar-refractivity contribution in [1.82, 2.24) is 10.6 Å². The fourth-order valence-corrected chi connectivity index (χ4v) is 3.08. The molecule has 30 heavy (non-hydrogen) atoms. The number of nitro groups is 1. The summed E-state index contributed by atoms with van der Waals surface area (Å²) in [6, 6.07) is 1.30. The van der Waals surface area contributed by atoms with Crippen molar-refractivity contribution in [1.29, 1.82) is 0 Å². The number of hydrogen-bond acceptors (Lipinski definition) is 7. The van der Waals surface area contributed by atoms with E-state index >= 15 is 0 Å². The van der Waals surface area contributed by atoms with E-state index in [1.54, 1.807) is 34.6 Å². The van der Waals surface area contributed by atoms with Gasteiger partial charge in [-0.3, -0.25) is 10.1 Å². The van der Waals surface area contributed by atoms with Gasteiger partial charge in [0.15, 0.2) is 5.75 Å². The maximum absolute atomic E-state index is 12.8. The normalized spacial score (nSPS) is 16.3. The molecule has 10 heteroatoms. The van der Waals surface area contributed by atoms with E-state index in [1.807, 2.05) is 0 Å². The van der Waals surface area contributed by atoms with Crippen molar-refractivity contribution in [3.05, 3.63) is 39.1 Å². The van der Waals surface area contributed by atoms with E-state index in [-0.39, 0.29) is 35.0 Å². The number of allylic oxidation sites excluding steroid dienone is 1. The summed E-state index contributed by atoms with van der Waals surface area (Å²) in [5.74, 6) is -0.522. The molecule has 1 aromatic carbocycles. The molecule has 1 aliphatic rings. The first-order chi connectivity index (χ1) is 14.1. The van der Waals surface area contributed by atoms with Gasteiger partial charge in [0.2, 0.25) is 5.75 Å². The lowest BCUT2D eigenvalue weighted by atomic mass is 9.93. The van der Waals surface area contributed by atoms with Crippen molar-refractivity contribution in [2.75, 3.05) is 7.11 Å². The van der Waals surface area contributed by atoms with Crippen LogP contribution >= 0.6 is 0 Å². The van der Waals surface area contributed by atoms with Crippen LogP contribution in [-0.4, -0.2) is 36.2 Å². The number of amides is 2. The Kier molecular flexibility index (Phi) is 7.25.